The van der Waals surface area contributed by atoms with Crippen LogP contribution in [0.25, 0.3) is 22.0 Å². The summed E-state index contributed by atoms with van der Waals surface area (Å²) in [6, 6.07) is 19.5. The van der Waals surface area contributed by atoms with Crippen molar-refractivity contribution >= 4 is 28.4 Å². The van der Waals surface area contributed by atoms with Crippen LogP contribution < -0.4 is 20.7 Å². The van der Waals surface area contributed by atoms with E-state index in [2.05, 4.69) is 43.0 Å². The number of amides is 1. The van der Waals surface area contributed by atoms with E-state index >= 15 is 0 Å². The van der Waals surface area contributed by atoms with Crippen molar-refractivity contribution in [1.29, 1.82) is 0 Å². The predicted octanol–water partition coefficient (Wildman–Crippen LogP) is 6.87. The lowest BCUT2D eigenvalue weighted by Gasteiger charge is -2.16. The summed E-state index contributed by atoms with van der Waals surface area (Å²) >= 11 is 0. The average molecular weight is 595 g/mol. The van der Waals surface area contributed by atoms with E-state index in [-0.39, 0.29) is 12.6 Å². The number of fused-ring (bicyclic) bond motifs is 1. The largest absolute Gasteiger partial charge is 0.491 e. The first kappa shape index (κ1) is 29.0. The fraction of sp³-hybridized carbons (Fsp3) is 0.235. The zero-order valence-electron chi connectivity index (χ0n) is 24.4. The molecule has 0 bridgehead atoms. The average Bonchev–Trinajstić information content (AvgIpc) is 3.84. The van der Waals surface area contributed by atoms with E-state index in [1.54, 1.807) is 24.7 Å². The molecule has 0 aliphatic heterocycles. The number of hydrogen-bond acceptors (Lipinski definition) is 7. The summed E-state index contributed by atoms with van der Waals surface area (Å²) in [5, 5.41) is 10.5. The monoisotopic (exact) mass is 594 g/mol. The lowest BCUT2D eigenvalue weighted by Crippen LogP contribution is -2.24. The molecule has 0 saturated heterocycles. The van der Waals surface area contributed by atoms with Crippen LogP contribution in [0, 0.1) is 11.6 Å². The Morgan fingerprint density at radius 3 is 2.55 bits per heavy atom. The third-order valence-electron chi connectivity index (χ3n) is 7.17. The Balaban J connectivity index is 1.23. The van der Waals surface area contributed by atoms with Gasteiger partial charge in [0, 0.05) is 30.7 Å². The van der Waals surface area contributed by atoms with Crippen molar-refractivity contribution in [2.45, 2.75) is 51.9 Å². The van der Waals surface area contributed by atoms with E-state index in [0.717, 1.165) is 64.1 Å². The molecule has 8 nitrogen and oxygen atoms in total. The Hall–Kier alpha value is -5.12. The van der Waals surface area contributed by atoms with Crippen LogP contribution in [-0.2, 0) is 13.1 Å². The molecule has 3 N–H and O–H groups in total. The fourth-order valence-electron chi connectivity index (χ4n) is 4.88. The van der Waals surface area contributed by atoms with Crippen molar-refractivity contribution in [1.82, 2.24) is 20.3 Å². The van der Waals surface area contributed by atoms with Gasteiger partial charge in [-0.15, -0.1) is 0 Å². The Kier molecular flexibility index (Phi) is 8.31. The lowest BCUT2D eigenvalue weighted by atomic mass is 10.0. The number of halogens is 2. The molecule has 1 saturated carbocycles. The summed E-state index contributed by atoms with van der Waals surface area (Å²) in [5.74, 6) is -0.338. The van der Waals surface area contributed by atoms with Gasteiger partial charge in [-0.05, 0) is 104 Å². The highest BCUT2D eigenvalue weighted by molar-refractivity contribution is 5.98. The van der Waals surface area contributed by atoms with Crippen LogP contribution in [-0.4, -0.2) is 33.0 Å². The quantitative estimate of drug-likeness (QED) is 0.153. The first-order valence-electron chi connectivity index (χ1n) is 14.6. The molecule has 5 aromatic rings. The summed E-state index contributed by atoms with van der Waals surface area (Å²) in [6.45, 7) is 4.37. The van der Waals surface area contributed by atoms with Crippen LogP contribution in [0.1, 0.15) is 48.2 Å². The van der Waals surface area contributed by atoms with Gasteiger partial charge < -0.3 is 20.7 Å². The number of pyridine rings is 1. The van der Waals surface area contributed by atoms with Crippen LogP contribution in [0.2, 0.25) is 0 Å². The van der Waals surface area contributed by atoms with Crippen LogP contribution in [0.15, 0.2) is 79.3 Å². The van der Waals surface area contributed by atoms with Gasteiger partial charge in [0.15, 0.2) is 11.6 Å². The second-order valence-electron chi connectivity index (χ2n) is 11.1. The maximum Gasteiger partial charge on any atom is 0.255 e. The lowest BCUT2D eigenvalue weighted by molar-refractivity contribution is 0.0951. The van der Waals surface area contributed by atoms with Crippen LogP contribution in [0.4, 0.5) is 20.4 Å². The molecule has 3 aromatic carbocycles. The second-order valence-corrected chi connectivity index (χ2v) is 11.1. The van der Waals surface area contributed by atoms with E-state index in [4.69, 9.17) is 4.74 Å². The molecule has 0 unspecified atom stereocenters. The van der Waals surface area contributed by atoms with Gasteiger partial charge in [0.05, 0.1) is 17.2 Å². The highest BCUT2D eigenvalue weighted by Crippen LogP contribution is 2.33. The van der Waals surface area contributed by atoms with Gasteiger partial charge >= 0.3 is 0 Å². The molecule has 0 spiro atoms. The first-order chi connectivity index (χ1) is 21.3. The molecule has 6 rings (SSSR count). The van der Waals surface area contributed by atoms with Crippen molar-refractivity contribution in [3.05, 3.63) is 108 Å². The van der Waals surface area contributed by atoms with Gasteiger partial charge in [-0.2, -0.15) is 0 Å². The number of hydrogen-bond donors (Lipinski definition) is 3. The molecule has 0 radical (unpaired) electrons. The van der Waals surface area contributed by atoms with Crippen molar-refractivity contribution in [3.8, 4) is 16.9 Å². The zero-order valence-corrected chi connectivity index (χ0v) is 24.4. The summed E-state index contributed by atoms with van der Waals surface area (Å²) in [5.41, 5.74) is 4.54. The standard InChI is InChI=1S/C34H32F2N6O2/c1-20(2)44-26-13-22(12-24(15-26)23-6-10-31-28(16-23)33(41-19-40-31)42-25-7-8-25)18-38-32-27(4-3-11-37-32)34(43)39-17-21-5-9-29(35)30(36)14-21/h3-6,9-16,19-20,25H,7-8,17-18H2,1-2H3,(H,37,38)(H,39,43)(H,40,41,42). The first-order valence-corrected chi connectivity index (χ1v) is 14.6. The second kappa shape index (κ2) is 12.6. The summed E-state index contributed by atoms with van der Waals surface area (Å²) in [7, 11) is 0. The molecule has 1 aliphatic carbocycles. The maximum absolute atomic E-state index is 13.6. The number of nitrogens with zero attached hydrogens (tertiary/aromatic N) is 3. The van der Waals surface area contributed by atoms with Gasteiger partial charge in [0.25, 0.3) is 5.91 Å². The molecule has 224 valence electrons. The third-order valence-corrected chi connectivity index (χ3v) is 7.17. The molecule has 44 heavy (non-hydrogen) atoms. The number of ether oxygens (including phenoxy) is 1. The number of nitrogens with one attached hydrogen (secondary N) is 3. The third kappa shape index (κ3) is 6.91. The van der Waals surface area contributed by atoms with Gasteiger partial charge in [-0.25, -0.2) is 23.7 Å². The Labute approximate surface area is 253 Å². The summed E-state index contributed by atoms with van der Waals surface area (Å²) < 4.78 is 33.0. The minimum Gasteiger partial charge on any atom is -0.491 e. The van der Waals surface area contributed by atoms with E-state index in [1.807, 2.05) is 38.1 Å². The molecule has 1 fully saturated rings. The summed E-state index contributed by atoms with van der Waals surface area (Å²) in [4.78, 5) is 26.3. The number of carbonyl (C=O) groups is 1. The molecule has 10 heteroatoms. The minimum atomic E-state index is -0.962. The molecule has 2 heterocycles. The van der Waals surface area contributed by atoms with Crippen molar-refractivity contribution < 1.29 is 18.3 Å². The van der Waals surface area contributed by atoms with Gasteiger partial charge in [-0.3, -0.25) is 4.79 Å². The van der Waals surface area contributed by atoms with Crippen LogP contribution >= 0.6 is 0 Å². The van der Waals surface area contributed by atoms with E-state index in [0.29, 0.717) is 29.5 Å². The Bertz CT molecular complexity index is 1830. The van der Waals surface area contributed by atoms with Crippen molar-refractivity contribution in [3.63, 3.8) is 0 Å². The normalized spacial score (nSPS) is 12.8. The van der Waals surface area contributed by atoms with Crippen LogP contribution in [0.3, 0.4) is 0 Å². The molecule has 0 atom stereocenters. The number of rotatable bonds is 11. The summed E-state index contributed by atoms with van der Waals surface area (Å²) in [6.07, 6.45) is 5.45. The van der Waals surface area contributed by atoms with Gasteiger partial charge in [0.2, 0.25) is 0 Å². The maximum atomic E-state index is 13.6. The predicted molar refractivity (Wildman–Crippen MR) is 166 cm³/mol. The zero-order chi connectivity index (χ0) is 30.6. The van der Waals surface area contributed by atoms with Gasteiger partial charge in [0.1, 0.15) is 23.7 Å². The van der Waals surface area contributed by atoms with Crippen molar-refractivity contribution in [2.75, 3.05) is 10.6 Å². The fourth-order valence-corrected chi connectivity index (χ4v) is 4.88. The molecule has 1 amide bonds. The smallest absolute Gasteiger partial charge is 0.255 e. The number of anilines is 2. The number of carbonyl (C=O) groups excluding carboxylic acids is 1. The van der Waals surface area contributed by atoms with E-state index < -0.39 is 17.5 Å². The van der Waals surface area contributed by atoms with Gasteiger partial charge in [-0.1, -0.05) is 12.1 Å². The highest BCUT2D eigenvalue weighted by atomic mass is 19.2. The highest BCUT2D eigenvalue weighted by Gasteiger charge is 2.22. The number of benzene rings is 3. The Morgan fingerprint density at radius 1 is 0.886 bits per heavy atom. The van der Waals surface area contributed by atoms with Crippen molar-refractivity contribution in [2.24, 2.45) is 0 Å². The topological polar surface area (TPSA) is 101 Å². The van der Waals surface area contributed by atoms with E-state index in [9.17, 15) is 13.6 Å². The van der Waals surface area contributed by atoms with E-state index in [1.165, 1.54) is 6.07 Å². The van der Waals surface area contributed by atoms with Crippen LogP contribution in [0.5, 0.6) is 5.75 Å². The molecule has 1 aliphatic rings. The molecular weight excluding hydrogens is 562 g/mol. The SMILES string of the molecule is CC(C)Oc1cc(CNc2ncccc2C(=O)NCc2ccc(F)c(F)c2)cc(-c2ccc3ncnc(NC4CC4)c3c2)c1. The number of aromatic nitrogens is 3. The molecule has 2 aromatic heterocycles. The molecular formula is C34H32F2N6O2. The Morgan fingerprint density at radius 2 is 1.75 bits per heavy atom. The minimum absolute atomic E-state index is 0.0222.